The van der Waals surface area contributed by atoms with Crippen LogP contribution in [0.1, 0.15) is 30.5 Å². The minimum Gasteiger partial charge on any atom is -0.494 e. The molecule has 5 rings (SSSR count). The Kier molecular flexibility index (Phi) is 7.30. The molecule has 0 radical (unpaired) electrons. The Morgan fingerprint density at radius 1 is 0.811 bits per heavy atom. The third-order valence-electron chi connectivity index (χ3n) is 7.06. The van der Waals surface area contributed by atoms with Crippen molar-refractivity contribution in [3.05, 3.63) is 95.6 Å². The number of halogens is 2. The van der Waals surface area contributed by atoms with Gasteiger partial charge in [0, 0.05) is 26.2 Å². The van der Waals surface area contributed by atoms with Gasteiger partial charge in [-0.05, 0) is 66.6 Å². The summed E-state index contributed by atoms with van der Waals surface area (Å²) in [7, 11) is 0. The molecule has 0 bridgehead atoms. The van der Waals surface area contributed by atoms with Crippen LogP contribution in [0.5, 0.6) is 5.75 Å². The highest BCUT2D eigenvalue weighted by atomic mass is 19.1. The first kappa shape index (κ1) is 25.0. The lowest BCUT2D eigenvalue weighted by Gasteiger charge is -2.41. The molecule has 2 heterocycles. The molecule has 2 aliphatic heterocycles. The van der Waals surface area contributed by atoms with Crippen LogP contribution < -0.4 is 9.64 Å². The molecule has 8 heteroatoms. The van der Waals surface area contributed by atoms with Crippen LogP contribution in [0.15, 0.2) is 72.8 Å². The van der Waals surface area contributed by atoms with Gasteiger partial charge in [-0.3, -0.25) is 19.4 Å². The monoisotopic (exact) mass is 505 g/mol. The predicted molar refractivity (Wildman–Crippen MR) is 136 cm³/mol. The van der Waals surface area contributed by atoms with E-state index in [0.717, 1.165) is 11.1 Å². The average Bonchev–Trinajstić information content (AvgIpc) is 3.21. The maximum Gasteiger partial charge on any atom is 0.251 e. The van der Waals surface area contributed by atoms with Crippen LogP contribution in [-0.2, 0) is 9.59 Å². The molecule has 2 amide bonds. The summed E-state index contributed by atoms with van der Waals surface area (Å²) in [5, 5.41) is 0. The van der Waals surface area contributed by atoms with E-state index in [4.69, 9.17) is 4.74 Å². The number of anilines is 1. The molecule has 6 nitrogen and oxygen atoms in total. The first-order valence-electron chi connectivity index (χ1n) is 12.5. The molecule has 3 aromatic carbocycles. The smallest absolute Gasteiger partial charge is 0.251 e. The number of benzene rings is 3. The first-order valence-corrected chi connectivity index (χ1v) is 12.5. The predicted octanol–water partition coefficient (Wildman–Crippen LogP) is 4.40. The minimum absolute atomic E-state index is 0.144. The maximum absolute atomic E-state index is 13.6. The van der Waals surface area contributed by atoms with Crippen molar-refractivity contribution in [3.8, 4) is 5.75 Å². The number of carbonyl (C=O) groups is 2. The summed E-state index contributed by atoms with van der Waals surface area (Å²) in [5.41, 5.74) is 2.37. The molecule has 0 saturated carbocycles. The van der Waals surface area contributed by atoms with Gasteiger partial charge in [0.1, 0.15) is 17.4 Å². The van der Waals surface area contributed by atoms with Gasteiger partial charge in [0.15, 0.2) is 0 Å². The largest absolute Gasteiger partial charge is 0.494 e. The Balaban J connectivity index is 1.29. The number of rotatable bonds is 7. The van der Waals surface area contributed by atoms with Crippen LogP contribution in [-0.4, -0.2) is 60.4 Å². The van der Waals surface area contributed by atoms with Crippen LogP contribution in [0.25, 0.3) is 0 Å². The van der Waals surface area contributed by atoms with E-state index in [9.17, 15) is 18.4 Å². The summed E-state index contributed by atoms with van der Waals surface area (Å²) < 4.78 is 32.7. The highest BCUT2D eigenvalue weighted by Gasteiger charge is 2.43. The van der Waals surface area contributed by atoms with Gasteiger partial charge < -0.3 is 4.74 Å². The normalized spacial score (nSPS) is 19.1. The molecule has 0 aliphatic carbocycles. The van der Waals surface area contributed by atoms with Gasteiger partial charge in [0.25, 0.3) is 5.91 Å². The van der Waals surface area contributed by atoms with Gasteiger partial charge in [-0.25, -0.2) is 13.7 Å². The van der Waals surface area contributed by atoms with E-state index in [1.165, 1.54) is 29.2 Å². The molecule has 3 aromatic rings. The van der Waals surface area contributed by atoms with Gasteiger partial charge in [-0.15, -0.1) is 0 Å². The van der Waals surface area contributed by atoms with E-state index in [2.05, 4.69) is 9.80 Å². The zero-order chi connectivity index (χ0) is 25.9. The summed E-state index contributed by atoms with van der Waals surface area (Å²) in [5.74, 6) is -0.357. The van der Waals surface area contributed by atoms with Crippen LogP contribution in [0.4, 0.5) is 14.5 Å². The second-order valence-electron chi connectivity index (χ2n) is 9.29. The van der Waals surface area contributed by atoms with E-state index in [1.54, 1.807) is 48.5 Å². The molecule has 192 valence electrons. The lowest BCUT2D eigenvalue weighted by Crippen LogP contribution is -2.53. The van der Waals surface area contributed by atoms with Gasteiger partial charge in [-0.2, -0.15) is 0 Å². The van der Waals surface area contributed by atoms with E-state index >= 15 is 0 Å². The molecule has 0 N–H and O–H groups in total. The molecular weight excluding hydrogens is 476 g/mol. The second-order valence-corrected chi connectivity index (χ2v) is 9.29. The summed E-state index contributed by atoms with van der Waals surface area (Å²) in [6.07, 6.45) is 0.144. The van der Waals surface area contributed by atoms with E-state index in [0.29, 0.717) is 44.2 Å². The zero-order valence-corrected chi connectivity index (χ0v) is 20.6. The lowest BCUT2D eigenvalue weighted by molar-refractivity contribution is -0.123. The Hall–Kier alpha value is -3.62. The second kappa shape index (κ2) is 10.8. The summed E-state index contributed by atoms with van der Waals surface area (Å²) in [4.78, 5) is 31.7. The van der Waals surface area contributed by atoms with Crippen molar-refractivity contribution in [3.63, 3.8) is 0 Å². The first-order chi connectivity index (χ1) is 17.9. The Labute approximate surface area is 215 Å². The molecule has 2 saturated heterocycles. The molecule has 1 atom stereocenters. The third kappa shape index (κ3) is 5.26. The number of hydrogen-bond acceptors (Lipinski definition) is 5. The number of imide groups is 1. The fraction of sp³-hybridized carbons (Fsp3) is 0.310. The van der Waals surface area contributed by atoms with Crippen molar-refractivity contribution in [2.24, 2.45) is 0 Å². The van der Waals surface area contributed by atoms with E-state index < -0.39 is 6.04 Å². The number of piperazine rings is 1. The van der Waals surface area contributed by atoms with Crippen molar-refractivity contribution < 1.29 is 23.1 Å². The molecule has 37 heavy (non-hydrogen) atoms. The van der Waals surface area contributed by atoms with Gasteiger partial charge in [-0.1, -0.05) is 24.3 Å². The van der Waals surface area contributed by atoms with Gasteiger partial charge in [0.2, 0.25) is 5.91 Å². The number of carbonyl (C=O) groups excluding carboxylic acids is 2. The number of ether oxygens (including phenoxy) is 1. The summed E-state index contributed by atoms with van der Waals surface area (Å²) in [6, 6.07) is 19.0. The van der Waals surface area contributed by atoms with Crippen LogP contribution in [0, 0.1) is 11.6 Å². The molecular formula is C29H29F2N3O3. The molecule has 2 aliphatic rings. The Morgan fingerprint density at radius 2 is 1.35 bits per heavy atom. The summed E-state index contributed by atoms with van der Waals surface area (Å²) >= 11 is 0. The van der Waals surface area contributed by atoms with E-state index in [-0.39, 0.29) is 35.9 Å². The van der Waals surface area contributed by atoms with Crippen molar-refractivity contribution in [2.45, 2.75) is 25.4 Å². The molecule has 0 spiro atoms. The van der Waals surface area contributed by atoms with Crippen molar-refractivity contribution in [1.82, 2.24) is 9.80 Å². The average molecular weight is 506 g/mol. The number of hydrogen-bond donors (Lipinski definition) is 0. The number of amides is 2. The maximum atomic E-state index is 13.6. The van der Waals surface area contributed by atoms with Gasteiger partial charge >= 0.3 is 0 Å². The van der Waals surface area contributed by atoms with Crippen molar-refractivity contribution in [1.29, 1.82) is 0 Å². The minimum atomic E-state index is -0.503. The molecule has 2 fully saturated rings. The van der Waals surface area contributed by atoms with Crippen molar-refractivity contribution >= 4 is 17.5 Å². The Bertz CT molecular complexity index is 1200. The fourth-order valence-corrected chi connectivity index (χ4v) is 5.24. The number of nitrogens with zero attached hydrogens (tertiary/aromatic N) is 3. The van der Waals surface area contributed by atoms with Crippen LogP contribution >= 0.6 is 0 Å². The van der Waals surface area contributed by atoms with Gasteiger partial charge in [0.05, 0.1) is 30.8 Å². The zero-order valence-electron chi connectivity index (χ0n) is 20.6. The van der Waals surface area contributed by atoms with E-state index in [1.807, 2.05) is 6.92 Å². The topological polar surface area (TPSA) is 53.1 Å². The highest BCUT2D eigenvalue weighted by molar-refractivity contribution is 6.22. The lowest BCUT2D eigenvalue weighted by atomic mass is 9.96. The molecule has 0 unspecified atom stereocenters. The van der Waals surface area contributed by atoms with Crippen LogP contribution in [0.3, 0.4) is 0 Å². The standard InChI is InChI=1S/C29H29F2N3O3/c1-2-37-25-13-11-24(12-14-25)34-27(35)19-26(29(34)36)32-15-17-33(18-16-32)28(20-3-7-22(30)8-4-20)21-5-9-23(31)10-6-21/h3-14,26,28H,2,15-19H2,1H3/t26-/m1/s1. The Morgan fingerprint density at radius 3 is 1.86 bits per heavy atom. The molecule has 0 aromatic heterocycles. The third-order valence-corrected chi connectivity index (χ3v) is 7.06. The summed E-state index contributed by atoms with van der Waals surface area (Å²) in [6.45, 7) is 4.91. The fourth-order valence-electron chi connectivity index (χ4n) is 5.24. The highest BCUT2D eigenvalue weighted by Crippen LogP contribution is 2.32. The van der Waals surface area contributed by atoms with Crippen molar-refractivity contribution in [2.75, 3.05) is 37.7 Å². The SMILES string of the molecule is CCOc1ccc(N2C(=O)C[C@@H](N3CCN(C(c4ccc(F)cc4)c4ccc(F)cc4)CC3)C2=O)cc1. The van der Waals surface area contributed by atoms with Crippen LogP contribution in [0.2, 0.25) is 0 Å². The quantitative estimate of drug-likeness (QED) is 0.446.